The lowest BCUT2D eigenvalue weighted by molar-refractivity contribution is 0.100. The molecular weight excluding hydrogens is 178 g/mol. The molecule has 0 saturated heterocycles. The summed E-state index contributed by atoms with van der Waals surface area (Å²) in [7, 11) is 0. The second kappa shape index (κ2) is 3.14. The summed E-state index contributed by atoms with van der Waals surface area (Å²) in [6, 6.07) is 5.26. The predicted molar refractivity (Wildman–Crippen MR) is 53.9 cm³/mol. The zero-order chi connectivity index (χ0) is 10.1. The number of carbonyl (C=O) groups is 1. The van der Waals surface area contributed by atoms with Crippen LogP contribution in [-0.4, -0.2) is 15.7 Å². The van der Waals surface area contributed by atoms with Crippen molar-refractivity contribution in [2.75, 3.05) is 0 Å². The molecule has 4 nitrogen and oxygen atoms in total. The average molecular weight is 189 g/mol. The second-order valence-electron chi connectivity index (χ2n) is 3.12. The number of aryl methyl sites for hydroxylation is 1. The van der Waals surface area contributed by atoms with Crippen molar-refractivity contribution in [1.29, 1.82) is 0 Å². The minimum Gasteiger partial charge on any atom is -0.366 e. The molecule has 1 aromatic carbocycles. The lowest BCUT2D eigenvalue weighted by atomic mass is 10.1. The van der Waals surface area contributed by atoms with Gasteiger partial charge in [0.05, 0.1) is 5.52 Å². The van der Waals surface area contributed by atoms with Gasteiger partial charge in [-0.2, -0.15) is 5.10 Å². The maximum absolute atomic E-state index is 10.9. The van der Waals surface area contributed by atoms with E-state index >= 15 is 0 Å². The molecule has 0 aliphatic rings. The summed E-state index contributed by atoms with van der Waals surface area (Å²) in [5.74, 6) is -0.406. The summed E-state index contributed by atoms with van der Waals surface area (Å²) in [5, 5.41) is 5.24. The van der Waals surface area contributed by atoms with Crippen LogP contribution in [0, 0.1) is 0 Å². The van der Waals surface area contributed by atoms with E-state index in [-0.39, 0.29) is 0 Å². The Morgan fingerprint density at radius 3 is 3.00 bits per heavy atom. The normalized spacial score (nSPS) is 10.6. The largest absolute Gasteiger partial charge is 0.366 e. The van der Waals surface area contributed by atoms with E-state index in [1.165, 1.54) is 0 Å². The summed E-state index contributed by atoms with van der Waals surface area (Å²) in [6.07, 6.45) is 1.90. The van der Waals surface area contributed by atoms with E-state index in [0.29, 0.717) is 5.56 Å². The first kappa shape index (κ1) is 8.74. The third kappa shape index (κ3) is 1.35. The van der Waals surface area contributed by atoms with E-state index in [0.717, 1.165) is 17.4 Å². The predicted octanol–water partition coefficient (Wildman–Crippen LogP) is 1.16. The fraction of sp³-hybridized carbons (Fsp3) is 0.200. The van der Waals surface area contributed by atoms with Gasteiger partial charge < -0.3 is 5.73 Å². The summed E-state index contributed by atoms with van der Waals surface area (Å²) in [4.78, 5) is 10.9. The fourth-order valence-electron chi connectivity index (χ4n) is 1.39. The number of primary amides is 1. The molecule has 0 unspecified atom stereocenters. The first-order valence-corrected chi connectivity index (χ1v) is 4.47. The molecule has 0 atom stereocenters. The monoisotopic (exact) mass is 189 g/mol. The topological polar surface area (TPSA) is 60.9 Å². The molecule has 14 heavy (non-hydrogen) atoms. The van der Waals surface area contributed by atoms with Crippen molar-refractivity contribution in [1.82, 2.24) is 9.78 Å². The molecule has 0 saturated carbocycles. The number of carbonyl (C=O) groups excluding carboxylic acids is 1. The van der Waals surface area contributed by atoms with Crippen LogP contribution < -0.4 is 5.73 Å². The van der Waals surface area contributed by atoms with Crippen molar-refractivity contribution < 1.29 is 4.79 Å². The van der Waals surface area contributed by atoms with Gasteiger partial charge >= 0.3 is 0 Å². The first-order chi connectivity index (χ1) is 6.70. The van der Waals surface area contributed by atoms with Crippen molar-refractivity contribution in [3.05, 3.63) is 30.0 Å². The maximum Gasteiger partial charge on any atom is 0.248 e. The van der Waals surface area contributed by atoms with Gasteiger partial charge in [-0.15, -0.1) is 0 Å². The number of nitrogens with zero attached hydrogens (tertiary/aromatic N) is 2. The van der Waals surface area contributed by atoms with Gasteiger partial charge in [0.15, 0.2) is 0 Å². The first-order valence-electron chi connectivity index (χ1n) is 4.47. The summed E-state index contributed by atoms with van der Waals surface area (Å²) in [6.45, 7) is 2.83. The number of hydrogen-bond acceptors (Lipinski definition) is 2. The molecule has 0 spiro atoms. The fourth-order valence-corrected chi connectivity index (χ4v) is 1.39. The van der Waals surface area contributed by atoms with Gasteiger partial charge in [-0.05, 0) is 25.1 Å². The molecule has 1 amide bonds. The number of benzene rings is 1. The number of aromatic nitrogens is 2. The molecule has 0 radical (unpaired) electrons. The van der Waals surface area contributed by atoms with Gasteiger partial charge in [-0.3, -0.25) is 9.48 Å². The van der Waals surface area contributed by atoms with Gasteiger partial charge in [0.2, 0.25) is 5.91 Å². The van der Waals surface area contributed by atoms with Crippen LogP contribution in [0.25, 0.3) is 10.9 Å². The Bertz CT molecular complexity index is 487. The molecule has 1 heterocycles. The molecule has 0 aliphatic heterocycles. The number of rotatable bonds is 2. The number of nitrogens with two attached hydrogens (primary N) is 1. The van der Waals surface area contributed by atoms with Gasteiger partial charge in [0.25, 0.3) is 0 Å². The SMILES string of the molecule is CCn1cc2cc(C(N)=O)ccc2n1. The Morgan fingerprint density at radius 2 is 2.36 bits per heavy atom. The van der Waals surface area contributed by atoms with Crippen LogP contribution in [0.1, 0.15) is 17.3 Å². The summed E-state index contributed by atoms with van der Waals surface area (Å²) < 4.78 is 1.83. The number of fused-ring (bicyclic) bond motifs is 1. The van der Waals surface area contributed by atoms with Crippen molar-refractivity contribution in [3.8, 4) is 0 Å². The molecule has 2 N–H and O–H groups in total. The van der Waals surface area contributed by atoms with Crippen molar-refractivity contribution in [2.45, 2.75) is 13.5 Å². The average Bonchev–Trinajstić information content (AvgIpc) is 2.58. The minimum atomic E-state index is -0.406. The van der Waals surface area contributed by atoms with E-state index in [2.05, 4.69) is 5.10 Å². The molecule has 2 aromatic rings. The lowest BCUT2D eigenvalue weighted by Gasteiger charge is -1.92. The highest BCUT2D eigenvalue weighted by Crippen LogP contribution is 2.14. The van der Waals surface area contributed by atoms with E-state index in [9.17, 15) is 4.79 Å². The van der Waals surface area contributed by atoms with Crippen molar-refractivity contribution in [3.63, 3.8) is 0 Å². The van der Waals surface area contributed by atoms with Crippen LogP contribution in [0.3, 0.4) is 0 Å². The molecule has 1 aromatic heterocycles. The van der Waals surface area contributed by atoms with Gasteiger partial charge in [-0.1, -0.05) is 0 Å². The van der Waals surface area contributed by atoms with E-state index < -0.39 is 5.91 Å². The molecule has 0 bridgehead atoms. The number of hydrogen-bond donors (Lipinski definition) is 1. The molecule has 0 fully saturated rings. The van der Waals surface area contributed by atoms with Crippen LogP contribution in [0.4, 0.5) is 0 Å². The van der Waals surface area contributed by atoms with E-state index in [4.69, 9.17) is 5.73 Å². The lowest BCUT2D eigenvalue weighted by Crippen LogP contribution is -2.10. The highest BCUT2D eigenvalue weighted by Gasteiger charge is 2.04. The zero-order valence-electron chi connectivity index (χ0n) is 7.90. The highest BCUT2D eigenvalue weighted by molar-refractivity contribution is 5.96. The molecule has 0 aliphatic carbocycles. The van der Waals surface area contributed by atoms with Crippen LogP contribution in [0.2, 0.25) is 0 Å². The zero-order valence-corrected chi connectivity index (χ0v) is 7.90. The standard InChI is InChI=1S/C10H11N3O/c1-2-13-6-8-5-7(10(11)14)3-4-9(8)12-13/h3-6H,2H2,1H3,(H2,11,14). The van der Waals surface area contributed by atoms with Gasteiger partial charge in [0, 0.05) is 23.7 Å². The Hall–Kier alpha value is -1.84. The second-order valence-corrected chi connectivity index (χ2v) is 3.12. The maximum atomic E-state index is 10.9. The quantitative estimate of drug-likeness (QED) is 0.770. The molecule has 2 rings (SSSR count). The van der Waals surface area contributed by atoms with Crippen LogP contribution in [-0.2, 0) is 6.54 Å². The van der Waals surface area contributed by atoms with Gasteiger partial charge in [0.1, 0.15) is 0 Å². The number of amides is 1. The van der Waals surface area contributed by atoms with Crippen LogP contribution in [0.5, 0.6) is 0 Å². The summed E-state index contributed by atoms with van der Waals surface area (Å²) >= 11 is 0. The summed E-state index contributed by atoms with van der Waals surface area (Å²) in [5.41, 5.74) is 6.59. The van der Waals surface area contributed by atoms with Crippen molar-refractivity contribution >= 4 is 16.8 Å². The molecular formula is C10H11N3O. The Kier molecular flexibility index (Phi) is 1.96. The van der Waals surface area contributed by atoms with Crippen LogP contribution >= 0.6 is 0 Å². The molecule has 72 valence electrons. The minimum absolute atomic E-state index is 0.406. The third-order valence-electron chi connectivity index (χ3n) is 2.16. The van der Waals surface area contributed by atoms with Crippen molar-refractivity contribution in [2.24, 2.45) is 5.73 Å². The Morgan fingerprint density at radius 1 is 1.57 bits per heavy atom. The third-order valence-corrected chi connectivity index (χ3v) is 2.16. The van der Waals surface area contributed by atoms with E-state index in [1.807, 2.05) is 23.9 Å². The molecule has 4 heteroatoms. The van der Waals surface area contributed by atoms with Crippen LogP contribution in [0.15, 0.2) is 24.4 Å². The smallest absolute Gasteiger partial charge is 0.248 e. The highest BCUT2D eigenvalue weighted by atomic mass is 16.1. The Labute approximate surface area is 81.3 Å². The van der Waals surface area contributed by atoms with Gasteiger partial charge in [-0.25, -0.2) is 0 Å². The Balaban J connectivity index is 2.59. The van der Waals surface area contributed by atoms with E-state index in [1.54, 1.807) is 12.1 Å².